The van der Waals surface area contributed by atoms with Crippen LogP contribution in [0.5, 0.6) is 0 Å². The molecule has 0 saturated carbocycles. The molecule has 0 atom stereocenters. The summed E-state index contributed by atoms with van der Waals surface area (Å²) in [5.74, 6) is -0.774. The summed E-state index contributed by atoms with van der Waals surface area (Å²) in [6, 6.07) is 7.19. The summed E-state index contributed by atoms with van der Waals surface area (Å²) in [5.41, 5.74) is 0.567. The zero-order chi connectivity index (χ0) is 19.6. The second-order valence-corrected chi connectivity index (χ2v) is 7.50. The van der Waals surface area contributed by atoms with E-state index in [1.807, 2.05) is 37.8 Å². The first kappa shape index (κ1) is 18.9. The van der Waals surface area contributed by atoms with Crippen molar-refractivity contribution in [1.29, 1.82) is 0 Å². The average molecular weight is 372 g/mol. The molecule has 1 amide bonds. The molecule has 0 unspecified atom stereocenters. The fraction of sp³-hybridized carbons (Fsp3) is 0.474. The third-order valence-corrected chi connectivity index (χ3v) is 4.20. The van der Waals surface area contributed by atoms with E-state index >= 15 is 0 Å². The Morgan fingerprint density at radius 2 is 1.70 bits per heavy atom. The van der Waals surface area contributed by atoms with Gasteiger partial charge in [-0.1, -0.05) is 12.1 Å². The number of hydrogen-bond acceptors (Lipinski definition) is 6. The van der Waals surface area contributed by atoms with Crippen molar-refractivity contribution in [3.05, 3.63) is 30.0 Å². The number of anilines is 1. The first-order valence-corrected chi connectivity index (χ1v) is 8.97. The first-order valence-electron chi connectivity index (χ1n) is 8.97. The number of hydrogen-bond donors (Lipinski definition) is 1. The summed E-state index contributed by atoms with van der Waals surface area (Å²) in [6.07, 6.45) is 0.333. The molecule has 0 radical (unpaired) electrons. The molecular formula is C19H24N4O4. The van der Waals surface area contributed by atoms with E-state index in [0.717, 1.165) is 0 Å². The molecule has 2 aromatic rings. The van der Waals surface area contributed by atoms with Crippen LogP contribution in [0.4, 0.5) is 10.6 Å². The third-order valence-electron chi connectivity index (χ3n) is 4.20. The molecule has 1 aromatic heterocycles. The number of amides is 1. The fourth-order valence-electron chi connectivity index (χ4n) is 2.99. The number of nitrogens with zero attached hydrogens (tertiary/aromatic N) is 4. The number of benzene rings is 1. The molecule has 0 bridgehead atoms. The molecule has 8 heteroatoms. The molecule has 1 aromatic carbocycles. The summed E-state index contributed by atoms with van der Waals surface area (Å²) in [7, 11) is 0. The molecule has 27 heavy (non-hydrogen) atoms. The molecule has 0 aliphatic carbocycles. The van der Waals surface area contributed by atoms with E-state index in [-0.39, 0.29) is 11.8 Å². The number of ether oxygens (including phenoxy) is 1. The maximum atomic E-state index is 12.3. The lowest BCUT2D eigenvalue weighted by molar-refractivity contribution is 0.0263. The Labute approximate surface area is 157 Å². The Kier molecular flexibility index (Phi) is 5.16. The maximum absolute atomic E-state index is 12.3. The number of carboxylic acids is 1. The van der Waals surface area contributed by atoms with Gasteiger partial charge in [0, 0.05) is 26.2 Å². The lowest BCUT2D eigenvalue weighted by Gasteiger charge is -2.27. The summed E-state index contributed by atoms with van der Waals surface area (Å²) in [6.45, 7) is 7.53. The minimum atomic E-state index is -1.11. The van der Waals surface area contributed by atoms with Crippen LogP contribution in [0.25, 0.3) is 11.0 Å². The van der Waals surface area contributed by atoms with Crippen LogP contribution in [0.2, 0.25) is 0 Å². The highest BCUT2D eigenvalue weighted by molar-refractivity contribution is 5.94. The van der Waals surface area contributed by atoms with E-state index in [1.165, 1.54) is 0 Å². The number of para-hydroxylation sites is 2. The first-order chi connectivity index (χ1) is 12.7. The van der Waals surface area contributed by atoms with Crippen LogP contribution in [0.1, 0.15) is 37.7 Å². The van der Waals surface area contributed by atoms with Gasteiger partial charge in [0.1, 0.15) is 5.60 Å². The summed E-state index contributed by atoms with van der Waals surface area (Å²) >= 11 is 0. The van der Waals surface area contributed by atoms with Crippen LogP contribution in [0.3, 0.4) is 0 Å². The van der Waals surface area contributed by atoms with Gasteiger partial charge in [0.2, 0.25) is 0 Å². The second kappa shape index (κ2) is 7.38. The monoisotopic (exact) mass is 372 g/mol. The molecule has 3 rings (SSSR count). The van der Waals surface area contributed by atoms with E-state index in [1.54, 1.807) is 17.0 Å². The third kappa shape index (κ3) is 4.45. The highest BCUT2D eigenvalue weighted by Crippen LogP contribution is 2.22. The minimum absolute atomic E-state index is 0.0700. The molecule has 1 saturated heterocycles. The zero-order valence-electron chi connectivity index (χ0n) is 15.8. The molecule has 1 aliphatic heterocycles. The van der Waals surface area contributed by atoms with Gasteiger partial charge in [0.05, 0.1) is 11.0 Å². The van der Waals surface area contributed by atoms with Gasteiger partial charge >= 0.3 is 12.1 Å². The fourth-order valence-corrected chi connectivity index (χ4v) is 2.99. The number of carbonyl (C=O) groups excluding carboxylic acids is 1. The number of fused-ring (bicyclic) bond motifs is 1. The van der Waals surface area contributed by atoms with Gasteiger partial charge < -0.3 is 19.6 Å². The van der Waals surface area contributed by atoms with Gasteiger partial charge in [-0.05, 0) is 39.3 Å². The highest BCUT2D eigenvalue weighted by Gasteiger charge is 2.27. The van der Waals surface area contributed by atoms with Crippen molar-refractivity contribution in [1.82, 2.24) is 14.9 Å². The van der Waals surface area contributed by atoms with E-state index < -0.39 is 11.6 Å². The van der Waals surface area contributed by atoms with Gasteiger partial charge in [-0.2, -0.15) is 0 Å². The normalized spacial score (nSPS) is 15.5. The predicted octanol–water partition coefficient (Wildman–Crippen LogP) is 2.78. The van der Waals surface area contributed by atoms with Crippen LogP contribution < -0.4 is 4.90 Å². The molecule has 1 fully saturated rings. The van der Waals surface area contributed by atoms with Crippen molar-refractivity contribution in [3.8, 4) is 0 Å². The molecule has 1 N–H and O–H groups in total. The Hall–Kier alpha value is -2.90. The molecule has 2 heterocycles. The summed E-state index contributed by atoms with van der Waals surface area (Å²) in [4.78, 5) is 36.4. The van der Waals surface area contributed by atoms with E-state index in [0.29, 0.717) is 49.5 Å². The van der Waals surface area contributed by atoms with Crippen molar-refractivity contribution in [2.75, 3.05) is 31.1 Å². The Bertz CT molecular complexity index is 862. The lowest BCUT2D eigenvalue weighted by Crippen LogP contribution is -2.39. The van der Waals surface area contributed by atoms with Crippen molar-refractivity contribution < 1.29 is 19.4 Å². The number of rotatable bonds is 2. The molecule has 1 aliphatic rings. The smallest absolute Gasteiger partial charge is 0.410 e. The van der Waals surface area contributed by atoms with Gasteiger partial charge in [-0.25, -0.2) is 19.6 Å². The van der Waals surface area contributed by atoms with E-state index in [2.05, 4.69) is 9.97 Å². The highest BCUT2D eigenvalue weighted by atomic mass is 16.6. The Morgan fingerprint density at radius 3 is 2.33 bits per heavy atom. The standard InChI is InChI=1S/C19H24N4O4/c1-19(2,3)27-18(26)23-10-6-9-22(11-12-23)16-15(17(24)25)20-13-7-4-5-8-14(13)21-16/h4-5,7-8H,6,9-12H2,1-3H3,(H,24,25). The van der Waals surface area contributed by atoms with E-state index in [4.69, 9.17) is 4.74 Å². The predicted molar refractivity (Wildman–Crippen MR) is 101 cm³/mol. The van der Waals surface area contributed by atoms with Crippen LogP contribution >= 0.6 is 0 Å². The van der Waals surface area contributed by atoms with Crippen molar-refractivity contribution >= 4 is 28.9 Å². The number of carbonyl (C=O) groups is 2. The molecular weight excluding hydrogens is 348 g/mol. The van der Waals surface area contributed by atoms with Gasteiger partial charge in [-0.3, -0.25) is 0 Å². The van der Waals surface area contributed by atoms with Gasteiger partial charge in [0.25, 0.3) is 0 Å². The quantitative estimate of drug-likeness (QED) is 0.866. The van der Waals surface area contributed by atoms with Crippen LogP contribution in [0, 0.1) is 0 Å². The number of carboxylic acid groups (broad SMARTS) is 1. The molecule has 0 spiro atoms. The van der Waals surface area contributed by atoms with Gasteiger partial charge in [0.15, 0.2) is 11.5 Å². The SMILES string of the molecule is CC(C)(C)OC(=O)N1CCCN(c2nc3ccccc3nc2C(=O)O)CC1. The minimum Gasteiger partial charge on any atom is -0.476 e. The maximum Gasteiger partial charge on any atom is 0.410 e. The van der Waals surface area contributed by atoms with Crippen molar-refractivity contribution in [2.24, 2.45) is 0 Å². The summed E-state index contributed by atoms with van der Waals surface area (Å²) < 4.78 is 5.44. The topological polar surface area (TPSA) is 95.9 Å². The Balaban J connectivity index is 1.84. The molecule has 8 nitrogen and oxygen atoms in total. The zero-order valence-corrected chi connectivity index (χ0v) is 15.8. The largest absolute Gasteiger partial charge is 0.476 e. The Morgan fingerprint density at radius 1 is 1.04 bits per heavy atom. The number of aromatic carboxylic acids is 1. The summed E-state index contributed by atoms with van der Waals surface area (Å²) in [5, 5.41) is 9.58. The molecule has 144 valence electrons. The van der Waals surface area contributed by atoms with E-state index in [9.17, 15) is 14.7 Å². The van der Waals surface area contributed by atoms with Gasteiger partial charge in [-0.15, -0.1) is 0 Å². The second-order valence-electron chi connectivity index (χ2n) is 7.50. The average Bonchev–Trinajstić information content (AvgIpc) is 2.85. The van der Waals surface area contributed by atoms with Crippen LogP contribution in [0.15, 0.2) is 24.3 Å². The van der Waals surface area contributed by atoms with Crippen molar-refractivity contribution in [2.45, 2.75) is 32.8 Å². The van der Waals surface area contributed by atoms with Crippen LogP contribution in [-0.2, 0) is 4.74 Å². The number of aromatic nitrogens is 2. The van der Waals surface area contributed by atoms with Crippen molar-refractivity contribution in [3.63, 3.8) is 0 Å². The lowest BCUT2D eigenvalue weighted by atomic mass is 10.2. The van der Waals surface area contributed by atoms with Crippen LogP contribution in [-0.4, -0.2) is 63.8 Å².